The molecule has 0 atom stereocenters. The molecule has 4 rings (SSSR count). The van der Waals surface area contributed by atoms with E-state index < -0.39 is 5.97 Å². The molecular weight excluding hydrogens is 366 g/mol. The molecule has 1 N–H and O–H groups in total. The molecule has 0 spiro atoms. The summed E-state index contributed by atoms with van der Waals surface area (Å²) < 4.78 is 7.42. The van der Waals surface area contributed by atoms with Crippen LogP contribution in [0.15, 0.2) is 43.0 Å². The van der Waals surface area contributed by atoms with Crippen LogP contribution >= 0.6 is 0 Å². The number of aromatic nitrogens is 3. The highest BCUT2D eigenvalue weighted by atomic mass is 16.5. The van der Waals surface area contributed by atoms with Crippen LogP contribution in [0, 0.1) is 5.92 Å². The number of anilines is 1. The van der Waals surface area contributed by atoms with Gasteiger partial charge in [-0.05, 0) is 43.0 Å². The van der Waals surface area contributed by atoms with Crippen molar-refractivity contribution in [3.63, 3.8) is 0 Å². The Bertz CT molecular complexity index is 994. The van der Waals surface area contributed by atoms with Gasteiger partial charge in [0, 0.05) is 39.2 Å². The molecule has 29 heavy (non-hydrogen) atoms. The van der Waals surface area contributed by atoms with Crippen LogP contribution in [-0.4, -0.2) is 41.0 Å². The molecular formula is C22H27N5O2. The Labute approximate surface area is 170 Å². The topological polar surface area (TPSA) is 71.8 Å². The van der Waals surface area contributed by atoms with Crippen LogP contribution in [0.2, 0.25) is 0 Å². The lowest BCUT2D eigenvalue weighted by molar-refractivity contribution is 0.0468. The smallest absolute Gasteiger partial charge is 0.340 e. The second-order valence-corrected chi connectivity index (χ2v) is 7.87. The van der Waals surface area contributed by atoms with E-state index in [1.54, 1.807) is 12.3 Å². The fourth-order valence-electron chi connectivity index (χ4n) is 3.39. The van der Waals surface area contributed by atoms with Crippen molar-refractivity contribution in [2.45, 2.75) is 32.4 Å². The first kappa shape index (κ1) is 19.4. The first-order valence-corrected chi connectivity index (χ1v) is 10.1. The predicted octanol–water partition coefficient (Wildman–Crippen LogP) is 3.04. The van der Waals surface area contributed by atoms with Crippen molar-refractivity contribution >= 4 is 17.3 Å². The molecule has 3 heterocycles. The molecule has 7 nitrogen and oxygen atoms in total. The maximum absolute atomic E-state index is 12.3. The summed E-state index contributed by atoms with van der Waals surface area (Å²) in [6, 6.07) is 5.85. The van der Waals surface area contributed by atoms with Crippen LogP contribution in [-0.2, 0) is 17.9 Å². The maximum Gasteiger partial charge on any atom is 0.340 e. The molecule has 1 aliphatic rings. The van der Waals surface area contributed by atoms with E-state index in [1.807, 2.05) is 35.7 Å². The van der Waals surface area contributed by atoms with E-state index in [0.717, 1.165) is 36.0 Å². The molecule has 1 aliphatic carbocycles. The lowest BCUT2D eigenvalue weighted by Gasteiger charge is -2.25. The third-order valence-electron chi connectivity index (χ3n) is 5.38. The van der Waals surface area contributed by atoms with Crippen molar-refractivity contribution in [3.05, 3.63) is 59.8 Å². The van der Waals surface area contributed by atoms with E-state index >= 15 is 0 Å². The van der Waals surface area contributed by atoms with Crippen molar-refractivity contribution in [1.29, 1.82) is 0 Å². The van der Waals surface area contributed by atoms with Crippen LogP contribution in [0.3, 0.4) is 0 Å². The van der Waals surface area contributed by atoms with E-state index in [4.69, 9.17) is 4.74 Å². The number of rotatable bonds is 8. The molecule has 0 bridgehead atoms. The summed E-state index contributed by atoms with van der Waals surface area (Å²) in [6.07, 6.45) is 11.3. The molecule has 0 amide bonds. The van der Waals surface area contributed by atoms with Crippen LogP contribution < -0.4 is 10.2 Å². The zero-order valence-corrected chi connectivity index (χ0v) is 17.0. The van der Waals surface area contributed by atoms with Crippen molar-refractivity contribution < 1.29 is 9.53 Å². The van der Waals surface area contributed by atoms with Gasteiger partial charge in [-0.2, -0.15) is 0 Å². The number of nitrogens with zero attached hydrogens (tertiary/aromatic N) is 4. The Morgan fingerprint density at radius 3 is 2.90 bits per heavy atom. The highest BCUT2D eigenvalue weighted by Gasteiger charge is 2.16. The maximum atomic E-state index is 12.3. The van der Waals surface area contributed by atoms with Gasteiger partial charge in [0.1, 0.15) is 12.3 Å². The summed E-state index contributed by atoms with van der Waals surface area (Å²) in [5, 5.41) is 3.53. The molecule has 0 saturated heterocycles. The quantitative estimate of drug-likeness (QED) is 0.593. The first-order valence-electron chi connectivity index (χ1n) is 10.1. The van der Waals surface area contributed by atoms with Gasteiger partial charge < -0.3 is 19.4 Å². The number of carbonyl (C=O) groups is 1. The van der Waals surface area contributed by atoms with Gasteiger partial charge in [0.15, 0.2) is 0 Å². The normalized spacial score (nSPS) is 14.0. The summed E-state index contributed by atoms with van der Waals surface area (Å²) in [4.78, 5) is 22.9. The Balaban J connectivity index is 1.35. The van der Waals surface area contributed by atoms with E-state index in [-0.39, 0.29) is 6.61 Å². The zero-order valence-electron chi connectivity index (χ0n) is 17.0. The highest BCUT2D eigenvalue weighted by molar-refractivity contribution is 5.90. The number of pyridine rings is 2. The average molecular weight is 393 g/mol. The molecule has 0 radical (unpaired) electrons. The fraction of sp³-hybridized carbons (Fsp3) is 0.409. The van der Waals surface area contributed by atoms with Gasteiger partial charge in [-0.15, -0.1) is 0 Å². The molecule has 152 valence electrons. The van der Waals surface area contributed by atoms with Crippen LogP contribution in [0.1, 0.15) is 40.9 Å². The van der Waals surface area contributed by atoms with E-state index in [0.29, 0.717) is 5.56 Å². The SMILES string of the molecule is CN(C)c1cncc(C(=O)OCc2cn3cc(CNCC4CCC4)ccc3n2)c1. The standard InChI is InChI=1S/C22H27N5O2/c1-26(2)20-8-18(11-24-12-20)22(28)29-15-19-14-27-13-17(6-7-21(27)25-19)10-23-9-16-4-3-5-16/h6-8,11-14,16,23H,3-5,9-10,15H2,1-2H3. The number of hydrogen-bond acceptors (Lipinski definition) is 6. The number of nitrogens with one attached hydrogen (secondary N) is 1. The van der Waals surface area contributed by atoms with Gasteiger partial charge >= 0.3 is 5.97 Å². The van der Waals surface area contributed by atoms with Crippen LogP contribution in [0.4, 0.5) is 5.69 Å². The number of ether oxygens (including phenoxy) is 1. The molecule has 1 saturated carbocycles. The minimum atomic E-state index is -0.404. The van der Waals surface area contributed by atoms with Gasteiger partial charge in [-0.25, -0.2) is 9.78 Å². The Kier molecular flexibility index (Phi) is 5.76. The van der Waals surface area contributed by atoms with E-state index in [1.165, 1.54) is 31.0 Å². The number of imidazole rings is 1. The largest absolute Gasteiger partial charge is 0.455 e. The third-order valence-corrected chi connectivity index (χ3v) is 5.38. The van der Waals surface area contributed by atoms with Crippen LogP contribution in [0.5, 0.6) is 0 Å². The minimum Gasteiger partial charge on any atom is -0.455 e. The third kappa shape index (κ3) is 4.74. The first-order chi connectivity index (χ1) is 14.1. The Morgan fingerprint density at radius 2 is 2.14 bits per heavy atom. The minimum absolute atomic E-state index is 0.127. The molecule has 3 aromatic rings. The van der Waals surface area contributed by atoms with Gasteiger partial charge in [0.25, 0.3) is 0 Å². The number of esters is 1. The van der Waals surface area contributed by atoms with Crippen molar-refractivity contribution in [3.8, 4) is 0 Å². The zero-order chi connectivity index (χ0) is 20.2. The van der Waals surface area contributed by atoms with Crippen molar-refractivity contribution in [2.24, 2.45) is 5.92 Å². The Hall–Kier alpha value is -2.93. The average Bonchev–Trinajstić information content (AvgIpc) is 3.10. The second-order valence-electron chi connectivity index (χ2n) is 7.87. The number of carbonyl (C=O) groups excluding carboxylic acids is 1. The van der Waals surface area contributed by atoms with Gasteiger partial charge in [0.2, 0.25) is 0 Å². The summed E-state index contributed by atoms with van der Waals surface area (Å²) in [5.74, 6) is 0.445. The van der Waals surface area contributed by atoms with Crippen molar-refractivity contribution in [1.82, 2.24) is 19.7 Å². The summed E-state index contributed by atoms with van der Waals surface area (Å²) in [6.45, 7) is 2.07. The fourth-order valence-corrected chi connectivity index (χ4v) is 3.39. The lowest BCUT2D eigenvalue weighted by Crippen LogP contribution is -2.26. The molecule has 0 aliphatic heterocycles. The molecule has 1 fully saturated rings. The summed E-state index contributed by atoms with van der Waals surface area (Å²) in [7, 11) is 3.81. The molecule has 0 unspecified atom stereocenters. The monoisotopic (exact) mass is 393 g/mol. The summed E-state index contributed by atoms with van der Waals surface area (Å²) >= 11 is 0. The highest BCUT2D eigenvalue weighted by Crippen LogP contribution is 2.25. The van der Waals surface area contributed by atoms with E-state index in [9.17, 15) is 4.79 Å². The molecule has 0 aromatic carbocycles. The molecule has 7 heteroatoms. The van der Waals surface area contributed by atoms with E-state index in [2.05, 4.69) is 27.5 Å². The number of fused-ring (bicyclic) bond motifs is 1. The lowest BCUT2D eigenvalue weighted by atomic mass is 9.85. The van der Waals surface area contributed by atoms with Gasteiger partial charge in [-0.3, -0.25) is 4.98 Å². The van der Waals surface area contributed by atoms with Gasteiger partial charge in [-0.1, -0.05) is 12.5 Å². The summed E-state index contributed by atoms with van der Waals surface area (Å²) in [5.41, 5.74) is 4.06. The van der Waals surface area contributed by atoms with Crippen molar-refractivity contribution in [2.75, 3.05) is 25.5 Å². The van der Waals surface area contributed by atoms with Gasteiger partial charge in [0.05, 0.1) is 23.1 Å². The molecule has 3 aromatic heterocycles. The Morgan fingerprint density at radius 1 is 1.28 bits per heavy atom. The predicted molar refractivity (Wildman–Crippen MR) is 112 cm³/mol. The number of hydrogen-bond donors (Lipinski definition) is 1. The second kappa shape index (κ2) is 8.61. The van der Waals surface area contributed by atoms with Crippen LogP contribution in [0.25, 0.3) is 5.65 Å².